The van der Waals surface area contributed by atoms with Crippen LogP contribution in [-0.2, 0) is 10.2 Å². The van der Waals surface area contributed by atoms with Gasteiger partial charge in [0, 0.05) is 18.1 Å². The van der Waals surface area contributed by atoms with Crippen LogP contribution in [0.5, 0.6) is 5.88 Å². The average Bonchev–Trinajstić information content (AvgIpc) is 2.24. The van der Waals surface area contributed by atoms with Gasteiger partial charge in [-0.05, 0) is 13.8 Å². The molecule has 102 valence electrons. The van der Waals surface area contributed by atoms with Crippen molar-refractivity contribution in [2.75, 3.05) is 18.9 Å². The summed E-state index contributed by atoms with van der Waals surface area (Å²) in [7, 11) is 0. The maximum Gasteiger partial charge on any atom is 0.219 e. The molecule has 1 unspecified atom stereocenters. The highest BCUT2D eigenvalue weighted by Crippen LogP contribution is 2.22. The third kappa shape index (κ3) is 4.49. The van der Waals surface area contributed by atoms with Crippen molar-refractivity contribution in [1.29, 1.82) is 0 Å². The summed E-state index contributed by atoms with van der Waals surface area (Å²) in [6.07, 6.45) is -0.0629. The summed E-state index contributed by atoms with van der Waals surface area (Å²) in [6.45, 7) is 11.2. The second-order valence-electron chi connectivity index (χ2n) is 5.29. The zero-order valence-electron chi connectivity index (χ0n) is 11.9. The van der Waals surface area contributed by atoms with E-state index in [0.29, 0.717) is 30.7 Å². The maximum atomic E-state index is 5.77. The van der Waals surface area contributed by atoms with Gasteiger partial charge >= 0.3 is 0 Å². The van der Waals surface area contributed by atoms with E-state index >= 15 is 0 Å². The van der Waals surface area contributed by atoms with Gasteiger partial charge in [-0.2, -0.15) is 4.98 Å². The van der Waals surface area contributed by atoms with E-state index in [1.54, 1.807) is 6.07 Å². The van der Waals surface area contributed by atoms with Gasteiger partial charge in [-0.1, -0.05) is 20.8 Å². The van der Waals surface area contributed by atoms with Crippen molar-refractivity contribution in [3.05, 3.63) is 11.9 Å². The molecule has 0 amide bonds. The van der Waals surface area contributed by atoms with Gasteiger partial charge in [0.1, 0.15) is 17.7 Å². The van der Waals surface area contributed by atoms with Crippen LogP contribution in [0, 0.1) is 0 Å². The SMILES string of the molecule is CCOCC(C)Oc1cc(N)nc(C(C)(C)C)n1. The van der Waals surface area contributed by atoms with Crippen molar-refractivity contribution in [3.63, 3.8) is 0 Å². The van der Waals surface area contributed by atoms with Crippen molar-refractivity contribution in [3.8, 4) is 5.88 Å². The Morgan fingerprint density at radius 3 is 2.56 bits per heavy atom. The molecule has 1 atom stereocenters. The third-order valence-electron chi connectivity index (χ3n) is 2.27. The first-order valence-corrected chi connectivity index (χ1v) is 6.22. The zero-order chi connectivity index (χ0) is 13.8. The number of nitrogens with two attached hydrogens (primary N) is 1. The molecule has 5 nitrogen and oxygen atoms in total. The van der Waals surface area contributed by atoms with E-state index in [9.17, 15) is 0 Å². The van der Waals surface area contributed by atoms with Gasteiger partial charge in [-0.15, -0.1) is 0 Å². The average molecular weight is 253 g/mol. The molecule has 0 bridgehead atoms. The van der Waals surface area contributed by atoms with Gasteiger partial charge in [-0.25, -0.2) is 4.98 Å². The molecule has 5 heteroatoms. The summed E-state index contributed by atoms with van der Waals surface area (Å²) in [5.41, 5.74) is 5.61. The number of nitrogen functional groups attached to an aromatic ring is 1. The molecule has 1 aromatic rings. The summed E-state index contributed by atoms with van der Waals surface area (Å²) in [5.74, 6) is 1.61. The lowest BCUT2D eigenvalue weighted by Crippen LogP contribution is -2.22. The number of ether oxygens (including phenoxy) is 2. The minimum Gasteiger partial charge on any atom is -0.472 e. The van der Waals surface area contributed by atoms with E-state index in [2.05, 4.69) is 9.97 Å². The van der Waals surface area contributed by atoms with Crippen LogP contribution in [0.3, 0.4) is 0 Å². The second kappa shape index (κ2) is 6.00. The van der Waals surface area contributed by atoms with Crippen molar-refractivity contribution in [1.82, 2.24) is 9.97 Å². The van der Waals surface area contributed by atoms with E-state index in [0.717, 1.165) is 0 Å². The Balaban J connectivity index is 2.80. The predicted molar refractivity (Wildman–Crippen MR) is 71.7 cm³/mol. The number of anilines is 1. The molecule has 1 rings (SSSR count). The highest BCUT2D eigenvalue weighted by atomic mass is 16.5. The van der Waals surface area contributed by atoms with Crippen molar-refractivity contribution >= 4 is 5.82 Å². The molecule has 18 heavy (non-hydrogen) atoms. The number of nitrogens with zero attached hydrogens (tertiary/aromatic N) is 2. The van der Waals surface area contributed by atoms with Crippen molar-refractivity contribution < 1.29 is 9.47 Å². The van der Waals surface area contributed by atoms with Crippen LogP contribution in [0.4, 0.5) is 5.82 Å². The summed E-state index contributed by atoms with van der Waals surface area (Å²) in [6, 6.07) is 1.64. The van der Waals surface area contributed by atoms with Crippen LogP contribution >= 0.6 is 0 Å². The number of aromatic nitrogens is 2. The lowest BCUT2D eigenvalue weighted by atomic mass is 9.96. The first kappa shape index (κ1) is 14.7. The van der Waals surface area contributed by atoms with Gasteiger partial charge in [-0.3, -0.25) is 0 Å². The Bertz CT molecular complexity index is 388. The Hall–Kier alpha value is -1.36. The fourth-order valence-electron chi connectivity index (χ4n) is 1.36. The monoisotopic (exact) mass is 253 g/mol. The van der Waals surface area contributed by atoms with E-state index in [1.165, 1.54) is 0 Å². The van der Waals surface area contributed by atoms with Crippen molar-refractivity contribution in [2.24, 2.45) is 0 Å². The zero-order valence-corrected chi connectivity index (χ0v) is 11.9. The Morgan fingerprint density at radius 1 is 1.33 bits per heavy atom. The molecule has 0 aliphatic carbocycles. The molecule has 1 aromatic heterocycles. The van der Waals surface area contributed by atoms with Gasteiger partial charge in [0.2, 0.25) is 5.88 Å². The molecule has 0 spiro atoms. The minimum absolute atomic E-state index is 0.0629. The lowest BCUT2D eigenvalue weighted by molar-refractivity contribution is 0.0631. The number of hydrogen-bond acceptors (Lipinski definition) is 5. The predicted octanol–water partition coefficient (Wildman–Crippen LogP) is 2.16. The fourth-order valence-corrected chi connectivity index (χ4v) is 1.36. The highest BCUT2D eigenvalue weighted by Gasteiger charge is 2.19. The molecule has 0 saturated heterocycles. The largest absolute Gasteiger partial charge is 0.472 e. The topological polar surface area (TPSA) is 70.3 Å². The molecule has 1 heterocycles. The Kier molecular flexibility index (Phi) is 4.90. The minimum atomic E-state index is -0.156. The molecular weight excluding hydrogens is 230 g/mol. The van der Waals surface area contributed by atoms with Crippen LogP contribution in [0.1, 0.15) is 40.4 Å². The summed E-state index contributed by atoms with van der Waals surface area (Å²) in [5, 5.41) is 0. The molecule has 0 saturated carbocycles. The van der Waals surface area contributed by atoms with Crippen LogP contribution in [-0.4, -0.2) is 29.3 Å². The molecule has 0 radical (unpaired) electrons. The molecule has 0 aliphatic heterocycles. The normalized spacial score (nSPS) is 13.4. The van der Waals surface area contributed by atoms with Gasteiger partial charge in [0.05, 0.1) is 6.61 Å². The Labute approximate surface area is 109 Å². The number of rotatable bonds is 5. The van der Waals surface area contributed by atoms with Gasteiger partial charge in [0.25, 0.3) is 0 Å². The molecule has 0 fully saturated rings. The van der Waals surface area contributed by atoms with Crippen LogP contribution in [0.15, 0.2) is 6.07 Å². The molecular formula is C13H23N3O2. The van der Waals surface area contributed by atoms with Crippen molar-refractivity contribution in [2.45, 2.75) is 46.1 Å². The standard InChI is InChI=1S/C13H23N3O2/c1-6-17-8-9(2)18-11-7-10(14)15-12(16-11)13(3,4)5/h7,9H,6,8H2,1-5H3,(H2,14,15,16). The van der Waals surface area contributed by atoms with Gasteiger partial charge in [0.15, 0.2) is 0 Å². The summed E-state index contributed by atoms with van der Waals surface area (Å²) < 4.78 is 11.0. The first-order valence-electron chi connectivity index (χ1n) is 6.22. The first-order chi connectivity index (χ1) is 8.32. The van der Waals surface area contributed by atoms with Crippen LogP contribution in [0.2, 0.25) is 0 Å². The molecule has 0 aromatic carbocycles. The van der Waals surface area contributed by atoms with Crippen LogP contribution < -0.4 is 10.5 Å². The van der Waals surface area contributed by atoms with Crippen LogP contribution in [0.25, 0.3) is 0 Å². The van der Waals surface area contributed by atoms with E-state index < -0.39 is 0 Å². The van der Waals surface area contributed by atoms with E-state index in [4.69, 9.17) is 15.2 Å². The highest BCUT2D eigenvalue weighted by molar-refractivity contribution is 5.34. The third-order valence-corrected chi connectivity index (χ3v) is 2.27. The Morgan fingerprint density at radius 2 is 2.00 bits per heavy atom. The maximum absolute atomic E-state index is 5.77. The lowest BCUT2D eigenvalue weighted by Gasteiger charge is -2.19. The van der Waals surface area contributed by atoms with E-state index in [-0.39, 0.29) is 11.5 Å². The fraction of sp³-hybridized carbons (Fsp3) is 0.692. The summed E-state index contributed by atoms with van der Waals surface area (Å²) >= 11 is 0. The summed E-state index contributed by atoms with van der Waals surface area (Å²) in [4.78, 5) is 8.61. The smallest absolute Gasteiger partial charge is 0.219 e. The second-order valence-corrected chi connectivity index (χ2v) is 5.29. The molecule has 0 aliphatic rings. The van der Waals surface area contributed by atoms with Gasteiger partial charge < -0.3 is 15.2 Å². The van der Waals surface area contributed by atoms with E-state index in [1.807, 2.05) is 34.6 Å². The molecule has 2 N–H and O–H groups in total. The quantitative estimate of drug-likeness (QED) is 0.870. The number of hydrogen-bond donors (Lipinski definition) is 1.